The summed E-state index contributed by atoms with van der Waals surface area (Å²) in [7, 11) is 0. The number of nitrogens with zero attached hydrogens (tertiary/aromatic N) is 3. The van der Waals surface area contributed by atoms with Gasteiger partial charge in [-0.3, -0.25) is 9.69 Å². The van der Waals surface area contributed by atoms with E-state index >= 15 is 0 Å². The number of rotatable bonds is 5. The molecule has 1 aliphatic rings. The van der Waals surface area contributed by atoms with Crippen molar-refractivity contribution in [2.24, 2.45) is 0 Å². The number of anilines is 1. The van der Waals surface area contributed by atoms with Crippen molar-refractivity contribution in [1.29, 1.82) is 0 Å². The molecule has 0 spiro atoms. The third-order valence-corrected chi connectivity index (χ3v) is 6.00. The first-order valence-electron chi connectivity index (χ1n) is 6.42. The van der Waals surface area contributed by atoms with Crippen LogP contribution in [0.4, 0.5) is 5.13 Å². The Balaban J connectivity index is 1.65. The van der Waals surface area contributed by atoms with Crippen LogP contribution in [-0.4, -0.2) is 21.9 Å². The number of thiazole rings is 2. The number of hydrogen-bond acceptors (Lipinski definition) is 6. The maximum absolute atomic E-state index is 11.7. The summed E-state index contributed by atoms with van der Waals surface area (Å²) in [6.45, 7) is 3.62. The second-order valence-electron chi connectivity index (χ2n) is 4.79. The summed E-state index contributed by atoms with van der Waals surface area (Å²) >= 11 is 4.92. The van der Waals surface area contributed by atoms with Gasteiger partial charge in [-0.1, -0.05) is 11.8 Å². The van der Waals surface area contributed by atoms with E-state index in [9.17, 15) is 4.79 Å². The molecular formula is C13H15N3OS3. The monoisotopic (exact) mass is 325 g/mol. The number of thioether (sulfide) groups is 1. The van der Waals surface area contributed by atoms with Crippen LogP contribution in [0.15, 0.2) is 15.1 Å². The summed E-state index contributed by atoms with van der Waals surface area (Å²) in [6, 6.07) is 0.376. The highest BCUT2D eigenvalue weighted by Crippen LogP contribution is 2.34. The second kappa shape index (κ2) is 5.83. The van der Waals surface area contributed by atoms with E-state index in [1.54, 1.807) is 41.4 Å². The van der Waals surface area contributed by atoms with Crippen molar-refractivity contribution < 1.29 is 4.79 Å². The molecule has 1 aliphatic carbocycles. The first-order valence-corrected chi connectivity index (χ1v) is 9.17. The standard InChI is InChI=1S/C13H15N3OS3/c1-8-5-19-13(14-8)20-7-10-6-18-12(15-10)16(9(2)17)11-3-4-11/h5-6,11H,3-4,7H2,1-2H3. The van der Waals surface area contributed by atoms with Gasteiger partial charge >= 0.3 is 0 Å². The van der Waals surface area contributed by atoms with Gasteiger partial charge in [0.05, 0.1) is 5.69 Å². The van der Waals surface area contributed by atoms with Gasteiger partial charge in [0.15, 0.2) is 5.13 Å². The lowest BCUT2D eigenvalue weighted by Gasteiger charge is -2.16. The van der Waals surface area contributed by atoms with Crippen molar-refractivity contribution >= 4 is 45.5 Å². The molecule has 1 fully saturated rings. The molecule has 20 heavy (non-hydrogen) atoms. The van der Waals surface area contributed by atoms with Gasteiger partial charge in [0.25, 0.3) is 0 Å². The summed E-state index contributed by atoms with van der Waals surface area (Å²) in [5.41, 5.74) is 2.09. The molecular weight excluding hydrogens is 310 g/mol. The summed E-state index contributed by atoms with van der Waals surface area (Å²) in [4.78, 5) is 22.6. The molecule has 0 N–H and O–H groups in total. The van der Waals surface area contributed by atoms with Gasteiger partial charge < -0.3 is 0 Å². The molecule has 3 rings (SSSR count). The molecule has 0 unspecified atom stereocenters. The van der Waals surface area contributed by atoms with Gasteiger partial charge in [0.1, 0.15) is 4.34 Å². The summed E-state index contributed by atoms with van der Waals surface area (Å²) < 4.78 is 1.07. The fraction of sp³-hybridized carbons (Fsp3) is 0.462. The molecule has 2 heterocycles. The third-order valence-electron chi connectivity index (χ3n) is 2.94. The number of aryl methyl sites for hydroxylation is 1. The number of amides is 1. The lowest BCUT2D eigenvalue weighted by atomic mass is 10.5. The highest BCUT2D eigenvalue weighted by Gasteiger charge is 2.33. The van der Waals surface area contributed by atoms with Gasteiger partial charge in [-0.2, -0.15) is 0 Å². The van der Waals surface area contributed by atoms with Gasteiger partial charge in [0.2, 0.25) is 5.91 Å². The van der Waals surface area contributed by atoms with Crippen molar-refractivity contribution in [3.05, 3.63) is 22.1 Å². The van der Waals surface area contributed by atoms with Gasteiger partial charge in [-0.15, -0.1) is 22.7 Å². The van der Waals surface area contributed by atoms with Crippen LogP contribution in [0.2, 0.25) is 0 Å². The van der Waals surface area contributed by atoms with Gasteiger partial charge in [-0.05, 0) is 19.8 Å². The van der Waals surface area contributed by atoms with E-state index in [1.807, 2.05) is 17.2 Å². The highest BCUT2D eigenvalue weighted by atomic mass is 32.2. The van der Waals surface area contributed by atoms with Crippen LogP contribution >= 0.6 is 34.4 Å². The number of hydrogen-bond donors (Lipinski definition) is 0. The Hall–Kier alpha value is -0.920. The number of carbonyl (C=O) groups excluding carboxylic acids is 1. The van der Waals surface area contributed by atoms with Crippen LogP contribution in [0.1, 0.15) is 31.2 Å². The molecule has 0 saturated heterocycles. The first-order chi connectivity index (χ1) is 9.63. The number of aromatic nitrogens is 2. The molecule has 1 saturated carbocycles. The van der Waals surface area contributed by atoms with Crippen LogP contribution in [0.5, 0.6) is 0 Å². The third kappa shape index (κ3) is 3.21. The molecule has 7 heteroatoms. The van der Waals surface area contributed by atoms with Gasteiger partial charge in [0, 0.05) is 35.2 Å². The fourth-order valence-corrected chi connectivity index (χ4v) is 4.67. The predicted molar refractivity (Wildman–Crippen MR) is 84.7 cm³/mol. The Bertz CT molecular complexity index is 618. The Morgan fingerprint density at radius 3 is 2.80 bits per heavy atom. The molecule has 2 aromatic heterocycles. The van der Waals surface area contributed by atoms with Crippen molar-refractivity contribution in [3.63, 3.8) is 0 Å². The lowest BCUT2D eigenvalue weighted by Crippen LogP contribution is -2.30. The summed E-state index contributed by atoms with van der Waals surface area (Å²) in [5, 5.41) is 4.94. The average Bonchev–Trinajstić information content (AvgIpc) is 2.95. The number of carbonyl (C=O) groups is 1. The predicted octanol–water partition coefficient (Wildman–Crippen LogP) is 3.72. The minimum atomic E-state index is 0.0941. The van der Waals surface area contributed by atoms with E-state index in [0.29, 0.717) is 6.04 Å². The van der Waals surface area contributed by atoms with Crippen LogP contribution in [0, 0.1) is 6.92 Å². The van der Waals surface area contributed by atoms with Crippen LogP contribution in [-0.2, 0) is 10.5 Å². The van der Waals surface area contributed by atoms with Crippen LogP contribution < -0.4 is 4.90 Å². The largest absolute Gasteiger partial charge is 0.285 e. The Morgan fingerprint density at radius 1 is 1.40 bits per heavy atom. The summed E-state index contributed by atoms with van der Waals surface area (Å²) in [6.07, 6.45) is 2.20. The maximum Gasteiger partial charge on any atom is 0.225 e. The molecule has 0 atom stereocenters. The molecule has 1 amide bonds. The van der Waals surface area contributed by atoms with E-state index in [1.165, 1.54) is 0 Å². The molecule has 106 valence electrons. The average molecular weight is 325 g/mol. The van der Waals surface area contributed by atoms with Crippen molar-refractivity contribution in [1.82, 2.24) is 9.97 Å². The normalized spacial score (nSPS) is 14.5. The molecule has 2 aromatic rings. The van der Waals surface area contributed by atoms with E-state index in [-0.39, 0.29) is 5.91 Å². The first kappa shape index (κ1) is 14.0. The maximum atomic E-state index is 11.7. The summed E-state index contributed by atoms with van der Waals surface area (Å²) in [5.74, 6) is 0.899. The minimum absolute atomic E-state index is 0.0941. The van der Waals surface area contributed by atoms with E-state index in [0.717, 1.165) is 39.5 Å². The molecule has 0 aromatic carbocycles. The van der Waals surface area contributed by atoms with E-state index < -0.39 is 0 Å². The van der Waals surface area contributed by atoms with E-state index in [4.69, 9.17) is 0 Å². The van der Waals surface area contributed by atoms with Crippen molar-refractivity contribution in [2.75, 3.05) is 4.90 Å². The zero-order valence-electron chi connectivity index (χ0n) is 11.3. The SMILES string of the molecule is CC(=O)N(c1nc(CSc2nc(C)cs2)cs1)C1CC1. The Labute approximate surface area is 130 Å². The van der Waals surface area contributed by atoms with E-state index in [2.05, 4.69) is 15.3 Å². The van der Waals surface area contributed by atoms with Crippen molar-refractivity contribution in [3.8, 4) is 0 Å². The zero-order valence-corrected chi connectivity index (χ0v) is 13.8. The Morgan fingerprint density at radius 2 is 2.20 bits per heavy atom. The quantitative estimate of drug-likeness (QED) is 0.786. The fourth-order valence-electron chi connectivity index (χ4n) is 1.89. The highest BCUT2D eigenvalue weighted by molar-refractivity contribution is 8.00. The molecule has 0 bridgehead atoms. The smallest absolute Gasteiger partial charge is 0.225 e. The second-order valence-corrected chi connectivity index (χ2v) is 7.70. The van der Waals surface area contributed by atoms with Crippen LogP contribution in [0.3, 0.4) is 0 Å². The molecule has 0 aliphatic heterocycles. The Kier molecular flexibility index (Phi) is 4.09. The topological polar surface area (TPSA) is 46.1 Å². The lowest BCUT2D eigenvalue weighted by molar-refractivity contribution is -0.116. The van der Waals surface area contributed by atoms with Crippen LogP contribution in [0.25, 0.3) is 0 Å². The zero-order chi connectivity index (χ0) is 14.1. The molecule has 4 nitrogen and oxygen atoms in total. The minimum Gasteiger partial charge on any atom is -0.285 e. The van der Waals surface area contributed by atoms with Crippen molar-refractivity contribution in [2.45, 2.75) is 42.8 Å². The van der Waals surface area contributed by atoms with Gasteiger partial charge in [-0.25, -0.2) is 9.97 Å². The molecule has 0 radical (unpaired) electrons.